The van der Waals surface area contributed by atoms with Crippen LogP contribution in [0.3, 0.4) is 0 Å². The lowest BCUT2D eigenvalue weighted by molar-refractivity contribution is 0.0904. The van der Waals surface area contributed by atoms with E-state index in [1.54, 1.807) is 0 Å². The monoisotopic (exact) mass is 364 g/mol. The smallest absolute Gasteiger partial charge is 0.234 e. The normalized spacial score (nSPS) is 16.1. The van der Waals surface area contributed by atoms with Gasteiger partial charge in [-0.2, -0.15) is 9.61 Å². The SMILES string of the molecule is c1ccc(CCc2nnc3sc([C@@H]4COc5ccccc5O4)nn23)cc1. The molecular weight excluding hydrogens is 348 g/mol. The molecule has 0 fully saturated rings. The number of benzene rings is 2. The summed E-state index contributed by atoms with van der Waals surface area (Å²) in [7, 11) is 0. The van der Waals surface area contributed by atoms with Gasteiger partial charge in [-0.25, -0.2) is 0 Å². The first-order chi connectivity index (χ1) is 12.9. The van der Waals surface area contributed by atoms with Crippen molar-refractivity contribution in [3.05, 3.63) is 71.0 Å². The van der Waals surface area contributed by atoms with Gasteiger partial charge in [0.1, 0.15) is 6.61 Å². The van der Waals surface area contributed by atoms with Crippen molar-refractivity contribution in [2.24, 2.45) is 0 Å². The second kappa shape index (κ2) is 6.42. The molecule has 1 atom stereocenters. The molecule has 0 saturated carbocycles. The lowest BCUT2D eigenvalue weighted by Gasteiger charge is -2.24. The Morgan fingerprint density at radius 2 is 1.77 bits per heavy atom. The van der Waals surface area contributed by atoms with E-state index in [4.69, 9.17) is 9.47 Å². The quantitative estimate of drug-likeness (QED) is 0.555. The number of aromatic nitrogens is 4. The van der Waals surface area contributed by atoms with Crippen LogP contribution in [0.25, 0.3) is 4.96 Å². The van der Waals surface area contributed by atoms with E-state index in [2.05, 4.69) is 27.4 Å². The summed E-state index contributed by atoms with van der Waals surface area (Å²) in [5, 5.41) is 14.1. The topological polar surface area (TPSA) is 61.5 Å². The molecule has 0 unspecified atom stereocenters. The van der Waals surface area contributed by atoms with Gasteiger partial charge in [0.05, 0.1) is 0 Å². The van der Waals surface area contributed by atoms with Gasteiger partial charge >= 0.3 is 0 Å². The molecule has 0 radical (unpaired) electrons. The molecule has 0 spiro atoms. The van der Waals surface area contributed by atoms with Gasteiger partial charge in [-0.05, 0) is 24.1 Å². The Kier molecular flexibility index (Phi) is 3.79. The molecule has 0 bridgehead atoms. The third kappa shape index (κ3) is 2.80. The van der Waals surface area contributed by atoms with E-state index in [0.717, 1.165) is 40.1 Å². The molecule has 1 aliphatic heterocycles. The molecule has 5 rings (SSSR count). The highest BCUT2D eigenvalue weighted by Gasteiger charge is 2.26. The minimum Gasteiger partial charge on any atom is -0.485 e. The van der Waals surface area contributed by atoms with E-state index < -0.39 is 0 Å². The van der Waals surface area contributed by atoms with Crippen LogP contribution in [0.2, 0.25) is 0 Å². The van der Waals surface area contributed by atoms with Crippen molar-refractivity contribution in [3.63, 3.8) is 0 Å². The van der Waals surface area contributed by atoms with Crippen LogP contribution in [-0.4, -0.2) is 26.4 Å². The summed E-state index contributed by atoms with van der Waals surface area (Å²) in [5.41, 5.74) is 1.28. The highest BCUT2D eigenvalue weighted by molar-refractivity contribution is 7.16. The molecule has 6 nitrogen and oxygen atoms in total. The van der Waals surface area contributed by atoms with Crippen molar-refractivity contribution in [3.8, 4) is 11.5 Å². The maximum Gasteiger partial charge on any atom is 0.234 e. The molecular formula is C19H16N4O2S. The van der Waals surface area contributed by atoms with Crippen LogP contribution in [0.4, 0.5) is 0 Å². The van der Waals surface area contributed by atoms with Gasteiger partial charge < -0.3 is 9.47 Å². The summed E-state index contributed by atoms with van der Waals surface area (Å²) >= 11 is 1.49. The Hall–Kier alpha value is -2.93. The minimum atomic E-state index is -0.224. The molecule has 7 heteroatoms. The number of para-hydroxylation sites is 2. The van der Waals surface area contributed by atoms with Gasteiger partial charge in [0.15, 0.2) is 28.4 Å². The Balaban J connectivity index is 1.37. The molecule has 3 heterocycles. The molecule has 2 aromatic carbocycles. The van der Waals surface area contributed by atoms with Crippen LogP contribution >= 0.6 is 11.3 Å². The van der Waals surface area contributed by atoms with Gasteiger partial charge in [0.25, 0.3) is 0 Å². The maximum atomic E-state index is 6.05. The van der Waals surface area contributed by atoms with Gasteiger partial charge in [0, 0.05) is 6.42 Å². The van der Waals surface area contributed by atoms with Crippen LogP contribution in [0, 0.1) is 0 Å². The summed E-state index contributed by atoms with van der Waals surface area (Å²) in [6.45, 7) is 0.445. The number of hydrogen-bond acceptors (Lipinski definition) is 6. The van der Waals surface area contributed by atoms with Crippen molar-refractivity contribution in [1.29, 1.82) is 0 Å². The van der Waals surface area contributed by atoms with E-state index in [0.29, 0.717) is 6.61 Å². The predicted octanol–water partition coefficient (Wildman–Crippen LogP) is 3.48. The minimum absolute atomic E-state index is 0.224. The van der Waals surface area contributed by atoms with E-state index in [9.17, 15) is 0 Å². The first-order valence-corrected chi connectivity index (χ1v) is 9.32. The van der Waals surface area contributed by atoms with E-state index in [-0.39, 0.29) is 6.10 Å². The van der Waals surface area contributed by atoms with Crippen molar-refractivity contribution < 1.29 is 9.47 Å². The van der Waals surface area contributed by atoms with Crippen LogP contribution in [-0.2, 0) is 12.8 Å². The molecule has 0 saturated heterocycles. The zero-order chi connectivity index (χ0) is 17.3. The summed E-state index contributed by atoms with van der Waals surface area (Å²) < 4.78 is 13.7. The Morgan fingerprint density at radius 3 is 2.65 bits per heavy atom. The molecule has 130 valence electrons. The van der Waals surface area contributed by atoms with Crippen LogP contribution in [0.15, 0.2) is 54.6 Å². The number of nitrogens with zero attached hydrogens (tertiary/aromatic N) is 4. The second-order valence-electron chi connectivity index (χ2n) is 6.10. The number of rotatable bonds is 4. The van der Waals surface area contributed by atoms with E-state index >= 15 is 0 Å². The second-order valence-corrected chi connectivity index (χ2v) is 7.09. The first kappa shape index (κ1) is 15.3. The fraction of sp³-hybridized carbons (Fsp3) is 0.211. The molecule has 0 amide bonds. The zero-order valence-corrected chi connectivity index (χ0v) is 14.7. The number of aryl methyl sites for hydroxylation is 2. The van der Waals surface area contributed by atoms with Gasteiger partial charge in [-0.15, -0.1) is 10.2 Å². The standard InChI is InChI=1S/C19H16N4O2S/c1-2-6-13(7-3-1)10-11-17-20-21-19-23(17)22-18(26-19)16-12-24-14-8-4-5-9-15(14)25-16/h1-9,16H,10-12H2/t16-/m0/s1. The zero-order valence-electron chi connectivity index (χ0n) is 13.9. The van der Waals surface area contributed by atoms with Crippen LogP contribution in [0.5, 0.6) is 11.5 Å². The summed E-state index contributed by atoms with van der Waals surface area (Å²) in [4.78, 5) is 0.783. The third-order valence-corrected chi connectivity index (χ3v) is 5.33. The molecule has 0 N–H and O–H groups in total. The highest BCUT2D eigenvalue weighted by Crippen LogP contribution is 2.36. The summed E-state index contributed by atoms with van der Waals surface area (Å²) in [5.74, 6) is 2.39. The van der Waals surface area contributed by atoms with Crippen LogP contribution in [0.1, 0.15) is 22.5 Å². The highest BCUT2D eigenvalue weighted by atomic mass is 32.1. The average molecular weight is 364 g/mol. The third-order valence-electron chi connectivity index (χ3n) is 4.34. The van der Waals surface area contributed by atoms with E-state index in [1.165, 1.54) is 16.9 Å². The number of fused-ring (bicyclic) bond motifs is 2. The predicted molar refractivity (Wildman–Crippen MR) is 97.8 cm³/mol. The Labute approximate surface area is 154 Å². The lowest BCUT2D eigenvalue weighted by atomic mass is 10.1. The molecule has 1 aliphatic rings. The molecule has 4 aromatic rings. The Morgan fingerprint density at radius 1 is 0.962 bits per heavy atom. The number of ether oxygens (including phenoxy) is 2. The fourth-order valence-corrected chi connectivity index (χ4v) is 3.87. The van der Waals surface area contributed by atoms with Gasteiger partial charge in [0.2, 0.25) is 4.96 Å². The van der Waals surface area contributed by atoms with Crippen molar-refractivity contribution in [2.75, 3.05) is 6.61 Å². The Bertz CT molecular complexity index is 1040. The fourth-order valence-electron chi connectivity index (χ4n) is 3.00. The van der Waals surface area contributed by atoms with Crippen molar-refractivity contribution in [1.82, 2.24) is 19.8 Å². The van der Waals surface area contributed by atoms with Gasteiger partial charge in [-0.1, -0.05) is 53.8 Å². The van der Waals surface area contributed by atoms with Crippen LogP contribution < -0.4 is 9.47 Å². The molecule has 2 aromatic heterocycles. The largest absolute Gasteiger partial charge is 0.485 e. The lowest BCUT2D eigenvalue weighted by Crippen LogP contribution is -2.21. The maximum absolute atomic E-state index is 6.05. The summed E-state index contributed by atoms with van der Waals surface area (Å²) in [6, 6.07) is 18.1. The molecule has 26 heavy (non-hydrogen) atoms. The van der Waals surface area contributed by atoms with Crippen molar-refractivity contribution in [2.45, 2.75) is 18.9 Å². The van der Waals surface area contributed by atoms with Gasteiger partial charge in [-0.3, -0.25) is 0 Å². The molecule has 0 aliphatic carbocycles. The number of hydrogen-bond donors (Lipinski definition) is 0. The average Bonchev–Trinajstić information content (AvgIpc) is 3.28. The summed E-state index contributed by atoms with van der Waals surface area (Å²) in [6.07, 6.45) is 1.47. The van der Waals surface area contributed by atoms with Crippen molar-refractivity contribution >= 4 is 16.3 Å². The van der Waals surface area contributed by atoms with E-state index in [1.807, 2.05) is 47.0 Å². The first-order valence-electron chi connectivity index (χ1n) is 8.50.